The van der Waals surface area contributed by atoms with Gasteiger partial charge in [0.25, 0.3) is 0 Å². The quantitative estimate of drug-likeness (QED) is 0.821. The maximum Gasteiger partial charge on any atom is 0.225 e. The number of nitrogens with zero attached hydrogens (tertiary/aromatic N) is 5. The molecule has 0 N–H and O–H groups in total. The minimum absolute atomic E-state index is 0.559. The third-order valence-corrected chi connectivity index (χ3v) is 3.01. The average Bonchev–Trinajstić information content (AvgIpc) is 3.23. The number of hydrogen-bond donors (Lipinski definition) is 0. The summed E-state index contributed by atoms with van der Waals surface area (Å²) < 4.78 is 0. The zero-order valence-corrected chi connectivity index (χ0v) is 10.5. The van der Waals surface area contributed by atoms with Gasteiger partial charge in [-0.3, -0.25) is 9.97 Å². The number of hydrogen-bond acceptors (Lipinski definition) is 5. The molecule has 0 bridgehead atoms. The highest BCUT2D eigenvalue weighted by molar-refractivity contribution is 5.62. The predicted octanol–water partition coefficient (Wildman–Crippen LogP) is 1.88. The van der Waals surface area contributed by atoms with Crippen LogP contribution in [0.3, 0.4) is 0 Å². The van der Waals surface area contributed by atoms with Gasteiger partial charge >= 0.3 is 0 Å². The van der Waals surface area contributed by atoms with Crippen molar-refractivity contribution in [2.45, 2.75) is 18.8 Å². The van der Waals surface area contributed by atoms with Crippen LogP contribution < -0.4 is 4.90 Å². The van der Waals surface area contributed by atoms with Gasteiger partial charge in [-0.1, -0.05) is 0 Å². The van der Waals surface area contributed by atoms with Crippen LogP contribution in [-0.2, 0) is 0 Å². The molecule has 2 aromatic rings. The van der Waals surface area contributed by atoms with Crippen molar-refractivity contribution in [2.75, 3.05) is 19.0 Å². The van der Waals surface area contributed by atoms with Gasteiger partial charge in [0, 0.05) is 44.2 Å². The van der Waals surface area contributed by atoms with Crippen molar-refractivity contribution in [1.29, 1.82) is 0 Å². The highest BCUT2D eigenvalue weighted by Gasteiger charge is 2.29. The average molecular weight is 241 g/mol. The molecule has 2 aromatic heterocycles. The van der Waals surface area contributed by atoms with Crippen molar-refractivity contribution >= 4 is 5.95 Å². The number of anilines is 1. The highest BCUT2D eigenvalue weighted by atomic mass is 15.2. The highest BCUT2D eigenvalue weighted by Crippen LogP contribution is 2.43. The summed E-state index contributed by atoms with van der Waals surface area (Å²) in [5.41, 5.74) is 2.97. The van der Waals surface area contributed by atoms with Crippen LogP contribution in [-0.4, -0.2) is 34.0 Å². The van der Waals surface area contributed by atoms with Crippen molar-refractivity contribution in [1.82, 2.24) is 19.9 Å². The molecule has 1 fully saturated rings. The lowest BCUT2D eigenvalue weighted by atomic mass is 10.1. The van der Waals surface area contributed by atoms with E-state index in [4.69, 9.17) is 0 Å². The van der Waals surface area contributed by atoms with Crippen LogP contribution in [0, 0.1) is 0 Å². The molecule has 1 aliphatic carbocycles. The van der Waals surface area contributed by atoms with Gasteiger partial charge in [-0.05, 0) is 12.8 Å². The van der Waals surface area contributed by atoms with Crippen molar-refractivity contribution in [3.05, 3.63) is 30.5 Å². The van der Waals surface area contributed by atoms with Gasteiger partial charge in [0.1, 0.15) is 0 Å². The second kappa shape index (κ2) is 4.33. The third-order valence-electron chi connectivity index (χ3n) is 3.01. The molecule has 0 saturated heterocycles. The molecule has 3 rings (SSSR count). The lowest BCUT2D eigenvalue weighted by molar-refractivity contribution is 0.933. The molecular weight excluding hydrogens is 226 g/mol. The molecule has 1 saturated carbocycles. The summed E-state index contributed by atoms with van der Waals surface area (Å²) >= 11 is 0. The minimum Gasteiger partial charge on any atom is -0.347 e. The van der Waals surface area contributed by atoms with E-state index < -0.39 is 0 Å². The Morgan fingerprint density at radius 1 is 1.11 bits per heavy atom. The second-order valence-electron chi connectivity index (χ2n) is 4.73. The lowest BCUT2D eigenvalue weighted by Crippen LogP contribution is -2.14. The Hall–Kier alpha value is -2.04. The summed E-state index contributed by atoms with van der Waals surface area (Å²) in [5, 5.41) is 0. The molecule has 92 valence electrons. The third kappa shape index (κ3) is 2.03. The van der Waals surface area contributed by atoms with Gasteiger partial charge in [0.15, 0.2) is 0 Å². The fourth-order valence-electron chi connectivity index (χ4n) is 1.90. The Kier molecular flexibility index (Phi) is 2.66. The van der Waals surface area contributed by atoms with Gasteiger partial charge in [-0.2, -0.15) is 0 Å². The molecule has 0 atom stereocenters. The number of rotatable bonds is 3. The smallest absolute Gasteiger partial charge is 0.225 e. The van der Waals surface area contributed by atoms with Gasteiger partial charge in [-0.25, -0.2) is 9.97 Å². The second-order valence-corrected chi connectivity index (χ2v) is 4.73. The molecule has 0 radical (unpaired) electrons. The van der Waals surface area contributed by atoms with Crippen molar-refractivity contribution < 1.29 is 0 Å². The minimum atomic E-state index is 0.559. The Bertz CT molecular complexity index is 549. The summed E-state index contributed by atoms with van der Waals surface area (Å²) in [7, 11) is 3.90. The molecule has 18 heavy (non-hydrogen) atoms. The van der Waals surface area contributed by atoms with Crippen LogP contribution in [0.15, 0.2) is 24.8 Å². The van der Waals surface area contributed by atoms with E-state index in [-0.39, 0.29) is 0 Å². The standard InChI is InChI=1S/C13H15N5/c1-18(2)13-16-7-10(11-8-14-5-6-15-11)12(17-13)9-3-4-9/h5-9H,3-4H2,1-2H3. The molecule has 5 nitrogen and oxygen atoms in total. The van der Waals surface area contributed by atoms with Gasteiger partial charge in [-0.15, -0.1) is 0 Å². The summed E-state index contributed by atoms with van der Waals surface area (Å²) in [5.74, 6) is 1.31. The summed E-state index contributed by atoms with van der Waals surface area (Å²) in [6, 6.07) is 0. The van der Waals surface area contributed by atoms with E-state index in [1.165, 1.54) is 12.8 Å². The van der Waals surface area contributed by atoms with E-state index in [0.29, 0.717) is 5.92 Å². The summed E-state index contributed by atoms with van der Waals surface area (Å²) in [4.78, 5) is 19.4. The van der Waals surface area contributed by atoms with Crippen LogP contribution in [0.4, 0.5) is 5.95 Å². The van der Waals surface area contributed by atoms with E-state index in [1.807, 2.05) is 25.2 Å². The van der Waals surface area contributed by atoms with Crippen LogP contribution in [0.25, 0.3) is 11.3 Å². The zero-order valence-electron chi connectivity index (χ0n) is 10.5. The topological polar surface area (TPSA) is 54.8 Å². The first-order chi connectivity index (χ1) is 8.75. The van der Waals surface area contributed by atoms with E-state index in [1.54, 1.807) is 18.6 Å². The van der Waals surface area contributed by atoms with E-state index >= 15 is 0 Å². The Labute approximate surface area is 106 Å². The van der Waals surface area contributed by atoms with Crippen molar-refractivity contribution in [2.24, 2.45) is 0 Å². The van der Waals surface area contributed by atoms with E-state index in [9.17, 15) is 0 Å². The Balaban J connectivity index is 2.09. The first-order valence-electron chi connectivity index (χ1n) is 6.06. The monoisotopic (exact) mass is 241 g/mol. The molecule has 1 aliphatic rings. The molecule has 0 amide bonds. The molecular formula is C13H15N5. The molecule has 5 heteroatoms. The first kappa shape index (κ1) is 11.1. The van der Waals surface area contributed by atoms with E-state index in [2.05, 4.69) is 19.9 Å². The largest absolute Gasteiger partial charge is 0.347 e. The van der Waals surface area contributed by atoms with Gasteiger partial charge in [0.2, 0.25) is 5.95 Å². The normalized spacial score (nSPS) is 14.6. The van der Waals surface area contributed by atoms with Crippen LogP contribution >= 0.6 is 0 Å². The Morgan fingerprint density at radius 2 is 1.94 bits per heavy atom. The SMILES string of the molecule is CN(C)c1ncc(-c2cnccn2)c(C2CC2)n1. The van der Waals surface area contributed by atoms with Crippen molar-refractivity contribution in [3.8, 4) is 11.3 Å². The van der Waals surface area contributed by atoms with Crippen LogP contribution in [0.2, 0.25) is 0 Å². The molecule has 0 aliphatic heterocycles. The van der Waals surface area contributed by atoms with Gasteiger partial charge in [0.05, 0.1) is 17.6 Å². The number of aromatic nitrogens is 4. The maximum atomic E-state index is 4.66. The summed E-state index contributed by atoms with van der Waals surface area (Å²) in [6.45, 7) is 0. The molecule has 2 heterocycles. The molecule has 0 aromatic carbocycles. The van der Waals surface area contributed by atoms with Gasteiger partial charge < -0.3 is 4.90 Å². The first-order valence-corrected chi connectivity index (χ1v) is 6.06. The van der Waals surface area contributed by atoms with Crippen LogP contribution in [0.5, 0.6) is 0 Å². The molecule has 0 unspecified atom stereocenters. The maximum absolute atomic E-state index is 4.66. The molecule has 0 spiro atoms. The van der Waals surface area contributed by atoms with Crippen LogP contribution in [0.1, 0.15) is 24.5 Å². The lowest BCUT2D eigenvalue weighted by Gasteiger charge is -2.13. The van der Waals surface area contributed by atoms with Crippen molar-refractivity contribution in [3.63, 3.8) is 0 Å². The fourth-order valence-corrected chi connectivity index (χ4v) is 1.90. The fraction of sp³-hybridized carbons (Fsp3) is 0.385. The zero-order chi connectivity index (χ0) is 12.5. The predicted molar refractivity (Wildman–Crippen MR) is 69.4 cm³/mol. The van der Waals surface area contributed by atoms with E-state index in [0.717, 1.165) is 22.9 Å². The summed E-state index contributed by atoms with van der Waals surface area (Å²) in [6.07, 6.45) is 9.41. The Morgan fingerprint density at radius 3 is 2.56 bits per heavy atom.